The molecule has 0 radical (unpaired) electrons. The van der Waals surface area contributed by atoms with Crippen molar-refractivity contribution in [3.05, 3.63) is 248 Å². The molecule has 0 aliphatic rings. The Morgan fingerprint density at radius 1 is 0.358 bits per heavy atom. The summed E-state index contributed by atoms with van der Waals surface area (Å²) in [5, 5.41) is 4.54. The van der Waals surface area contributed by atoms with Crippen molar-refractivity contribution >= 4 is 77.7 Å². The molecule has 0 fully saturated rings. The molecule has 318 valence electrons. The van der Waals surface area contributed by atoms with E-state index in [4.69, 9.17) is 4.98 Å². The smallest absolute Gasteiger partial charge is 0.0964 e. The molecule has 0 bridgehead atoms. The molecule has 5 nitrogen and oxygen atoms in total. The second-order valence-corrected chi connectivity index (χ2v) is 17.2. The third-order valence-electron chi connectivity index (χ3n) is 13.0. The Kier molecular flexibility index (Phi) is 9.88. The highest BCUT2D eigenvalue weighted by molar-refractivity contribution is 6.12. The lowest BCUT2D eigenvalue weighted by Crippen LogP contribution is -2.09. The second-order valence-electron chi connectivity index (χ2n) is 17.2. The van der Waals surface area contributed by atoms with E-state index in [9.17, 15) is 0 Å². The monoisotopic (exact) mass is 859 g/mol. The lowest BCUT2D eigenvalue weighted by molar-refractivity contribution is 1.14. The largest absolute Gasteiger partial charge is 0.310 e. The summed E-state index contributed by atoms with van der Waals surface area (Å²) in [6.45, 7) is 4.47. The molecular formula is C62H45N5. The van der Waals surface area contributed by atoms with Gasteiger partial charge >= 0.3 is 0 Å². The summed E-state index contributed by atoms with van der Waals surface area (Å²) >= 11 is 0. The topological polar surface area (TPSA) is 37.2 Å². The molecule has 12 rings (SSSR count). The van der Waals surface area contributed by atoms with E-state index in [1.807, 2.05) is 18.5 Å². The summed E-state index contributed by atoms with van der Waals surface area (Å²) in [6.07, 6.45) is 3.80. The van der Waals surface area contributed by atoms with Gasteiger partial charge in [0.1, 0.15) is 0 Å². The van der Waals surface area contributed by atoms with Crippen LogP contribution >= 0.6 is 0 Å². The average molecular weight is 860 g/mol. The molecule has 0 unspecified atom stereocenters. The number of pyridine rings is 2. The van der Waals surface area contributed by atoms with Crippen LogP contribution in [0.3, 0.4) is 0 Å². The van der Waals surface area contributed by atoms with Crippen LogP contribution < -0.4 is 9.80 Å². The van der Waals surface area contributed by atoms with Crippen molar-refractivity contribution in [3.8, 4) is 27.9 Å². The predicted molar refractivity (Wildman–Crippen MR) is 281 cm³/mol. The van der Waals surface area contributed by atoms with Crippen LogP contribution in [0, 0.1) is 13.8 Å². The average Bonchev–Trinajstić information content (AvgIpc) is 3.71. The Bertz CT molecular complexity index is 3530. The molecule has 0 aliphatic carbocycles. The number of aromatic nitrogens is 3. The van der Waals surface area contributed by atoms with E-state index in [0.717, 1.165) is 83.8 Å². The van der Waals surface area contributed by atoms with Crippen molar-refractivity contribution in [2.24, 2.45) is 0 Å². The van der Waals surface area contributed by atoms with Crippen molar-refractivity contribution in [1.82, 2.24) is 14.5 Å². The molecule has 0 spiro atoms. The van der Waals surface area contributed by atoms with Crippen LogP contribution in [0.15, 0.2) is 237 Å². The first-order valence-electron chi connectivity index (χ1n) is 22.8. The molecule has 0 saturated heterocycles. The molecule has 0 saturated carbocycles. The molecule has 3 aromatic heterocycles. The highest BCUT2D eigenvalue weighted by Crippen LogP contribution is 2.44. The number of fused-ring (bicyclic) bond motifs is 6. The summed E-state index contributed by atoms with van der Waals surface area (Å²) in [7, 11) is 0. The van der Waals surface area contributed by atoms with Crippen LogP contribution in [-0.2, 0) is 0 Å². The highest BCUT2D eigenvalue weighted by Gasteiger charge is 2.21. The van der Waals surface area contributed by atoms with Crippen LogP contribution in [-0.4, -0.2) is 14.5 Å². The molecule has 0 atom stereocenters. The number of hydrogen-bond acceptors (Lipinski definition) is 4. The fourth-order valence-corrected chi connectivity index (χ4v) is 9.83. The predicted octanol–water partition coefficient (Wildman–Crippen LogP) is 16.8. The number of rotatable bonds is 9. The molecule has 12 aromatic rings. The Hall–Kier alpha value is -8.80. The zero-order valence-electron chi connectivity index (χ0n) is 37.3. The van der Waals surface area contributed by atoms with Gasteiger partial charge in [-0.25, -0.2) is 0 Å². The summed E-state index contributed by atoms with van der Waals surface area (Å²) in [4.78, 5) is 14.2. The Labute approximate surface area is 390 Å². The Morgan fingerprint density at radius 3 is 1.39 bits per heavy atom. The summed E-state index contributed by atoms with van der Waals surface area (Å²) in [5.74, 6) is 0. The lowest BCUT2D eigenvalue weighted by atomic mass is 9.95. The van der Waals surface area contributed by atoms with Gasteiger partial charge in [-0.1, -0.05) is 115 Å². The van der Waals surface area contributed by atoms with Gasteiger partial charge < -0.3 is 14.4 Å². The zero-order valence-corrected chi connectivity index (χ0v) is 37.3. The molecule has 0 amide bonds. The van der Waals surface area contributed by atoms with E-state index in [-0.39, 0.29) is 0 Å². The van der Waals surface area contributed by atoms with Crippen LogP contribution in [0.5, 0.6) is 0 Å². The van der Waals surface area contributed by atoms with Gasteiger partial charge in [-0.2, -0.15) is 0 Å². The lowest BCUT2D eigenvalue weighted by Gasteiger charge is -2.26. The Morgan fingerprint density at radius 2 is 0.851 bits per heavy atom. The molecule has 67 heavy (non-hydrogen) atoms. The number of para-hydroxylation sites is 4. The summed E-state index contributed by atoms with van der Waals surface area (Å²) in [5.41, 5.74) is 18.9. The SMILES string of the molecule is Cc1cc(-n2c3ccc(N(c4ccccc4)c4ccccc4)cc3c3cc(N(c4ccccc4)c4ccccc4)ccc32)c(C)cc1-c1ccc(-c2cnc3c(ccc4cccnc43)c2)cc1. The van der Waals surface area contributed by atoms with Crippen LogP contribution in [0.4, 0.5) is 34.1 Å². The fraction of sp³-hybridized carbons (Fsp3) is 0.0323. The summed E-state index contributed by atoms with van der Waals surface area (Å²) < 4.78 is 2.46. The van der Waals surface area contributed by atoms with Gasteiger partial charge in [-0.05, 0) is 151 Å². The van der Waals surface area contributed by atoms with Gasteiger partial charge in [0.15, 0.2) is 0 Å². The number of anilines is 6. The fourth-order valence-electron chi connectivity index (χ4n) is 9.83. The third-order valence-corrected chi connectivity index (χ3v) is 13.0. The standard InChI is InChI=1S/C62H45N5/c1-42-37-60(43(2)36-55(42)45-27-25-44(26-28-45)48-38-47-30-29-46-16-15-35-63-61(46)62(47)64-41-48)67-58-33-31-53(65(49-17-7-3-8-18-49)50-19-9-4-10-20-50)39-56(58)57-40-54(32-34-59(57)67)66(51-21-11-5-12-22-51)52-23-13-6-14-24-52/h3-41H,1-2H3. The van der Waals surface area contributed by atoms with Crippen LogP contribution in [0.1, 0.15) is 11.1 Å². The number of hydrogen-bond donors (Lipinski definition) is 0. The Balaban J connectivity index is 0.989. The van der Waals surface area contributed by atoms with E-state index >= 15 is 0 Å². The molecular weight excluding hydrogens is 815 g/mol. The summed E-state index contributed by atoms with van der Waals surface area (Å²) in [6, 6.07) is 80.6. The molecule has 0 N–H and O–H groups in total. The van der Waals surface area contributed by atoms with Crippen molar-refractivity contribution < 1.29 is 0 Å². The molecule has 5 heteroatoms. The maximum Gasteiger partial charge on any atom is 0.0964 e. The van der Waals surface area contributed by atoms with Gasteiger partial charge in [0, 0.05) is 79.3 Å². The maximum absolute atomic E-state index is 4.88. The van der Waals surface area contributed by atoms with Crippen molar-refractivity contribution in [2.45, 2.75) is 13.8 Å². The first kappa shape index (κ1) is 39.8. The van der Waals surface area contributed by atoms with Crippen molar-refractivity contribution in [2.75, 3.05) is 9.80 Å². The molecule has 0 aliphatic heterocycles. The molecule has 9 aromatic carbocycles. The third kappa shape index (κ3) is 7.14. The van der Waals surface area contributed by atoms with Crippen LogP contribution in [0.25, 0.3) is 71.6 Å². The van der Waals surface area contributed by atoms with Gasteiger partial charge in [0.05, 0.1) is 22.1 Å². The minimum absolute atomic E-state index is 0.927. The van der Waals surface area contributed by atoms with Gasteiger partial charge in [-0.15, -0.1) is 0 Å². The van der Waals surface area contributed by atoms with Gasteiger partial charge in [0.2, 0.25) is 0 Å². The van der Waals surface area contributed by atoms with Crippen molar-refractivity contribution in [3.63, 3.8) is 0 Å². The quantitative estimate of drug-likeness (QED) is 0.136. The second kappa shape index (κ2) is 16.6. The molecule has 3 heterocycles. The first-order valence-corrected chi connectivity index (χ1v) is 22.8. The minimum atomic E-state index is 0.927. The van der Waals surface area contributed by atoms with E-state index in [1.165, 1.54) is 33.0 Å². The maximum atomic E-state index is 4.88. The van der Waals surface area contributed by atoms with Gasteiger partial charge in [0.25, 0.3) is 0 Å². The highest BCUT2D eigenvalue weighted by atomic mass is 15.1. The van der Waals surface area contributed by atoms with E-state index < -0.39 is 0 Å². The number of aryl methyl sites for hydroxylation is 2. The zero-order chi connectivity index (χ0) is 44.8. The van der Waals surface area contributed by atoms with E-state index in [2.05, 4.69) is 252 Å². The van der Waals surface area contributed by atoms with E-state index in [1.54, 1.807) is 0 Å². The van der Waals surface area contributed by atoms with Crippen molar-refractivity contribution in [1.29, 1.82) is 0 Å². The first-order chi connectivity index (χ1) is 33.1. The normalized spacial score (nSPS) is 11.4. The number of benzene rings is 9. The van der Waals surface area contributed by atoms with Gasteiger partial charge in [-0.3, -0.25) is 9.97 Å². The van der Waals surface area contributed by atoms with Crippen LogP contribution in [0.2, 0.25) is 0 Å². The minimum Gasteiger partial charge on any atom is -0.310 e. The number of nitrogens with zero attached hydrogens (tertiary/aromatic N) is 5. The van der Waals surface area contributed by atoms with E-state index in [0.29, 0.717) is 0 Å².